The first kappa shape index (κ1) is 12.1. The largest absolute Gasteiger partial charge is 0.480 e. The van der Waals surface area contributed by atoms with Gasteiger partial charge in [0.15, 0.2) is 0 Å². The minimum absolute atomic E-state index is 0.392. The summed E-state index contributed by atoms with van der Waals surface area (Å²) in [7, 11) is 0. The molecule has 1 aliphatic carbocycles. The Balaban J connectivity index is 2.28. The van der Waals surface area contributed by atoms with Crippen LogP contribution in [0.2, 0.25) is 0 Å². The van der Waals surface area contributed by atoms with Gasteiger partial charge in [0.2, 0.25) is 0 Å². The highest BCUT2D eigenvalue weighted by Crippen LogP contribution is 2.50. The molecular formula is C12H19N3O2. The van der Waals surface area contributed by atoms with Crippen LogP contribution in [0.4, 0.5) is 0 Å². The molecule has 0 aliphatic heterocycles. The first-order valence-electron chi connectivity index (χ1n) is 5.98. The fourth-order valence-electron chi connectivity index (χ4n) is 2.34. The van der Waals surface area contributed by atoms with Crippen LogP contribution in [0.15, 0.2) is 12.3 Å². The Morgan fingerprint density at radius 1 is 1.65 bits per heavy atom. The molecule has 94 valence electrons. The molecule has 5 nitrogen and oxygen atoms in total. The van der Waals surface area contributed by atoms with Gasteiger partial charge in [-0.15, -0.1) is 0 Å². The number of carboxylic acid groups (broad SMARTS) is 1. The monoisotopic (exact) mass is 237 g/mol. The minimum Gasteiger partial charge on any atom is -0.480 e. The molecule has 0 spiro atoms. The quantitative estimate of drug-likeness (QED) is 0.800. The maximum atomic E-state index is 11.1. The first-order chi connectivity index (χ1) is 7.97. The zero-order valence-corrected chi connectivity index (χ0v) is 10.3. The lowest BCUT2D eigenvalue weighted by molar-refractivity contribution is -0.139. The third kappa shape index (κ3) is 2.07. The van der Waals surface area contributed by atoms with Gasteiger partial charge in [0.05, 0.1) is 0 Å². The highest BCUT2D eigenvalue weighted by molar-refractivity contribution is 5.76. The number of nitrogens with two attached hydrogens (primary N) is 1. The molecule has 0 saturated heterocycles. The van der Waals surface area contributed by atoms with Crippen molar-refractivity contribution in [3.8, 4) is 0 Å². The second kappa shape index (κ2) is 4.14. The summed E-state index contributed by atoms with van der Waals surface area (Å²) in [5.74, 6) is -0.453. The average molecular weight is 237 g/mol. The molecule has 17 heavy (non-hydrogen) atoms. The van der Waals surface area contributed by atoms with Crippen LogP contribution in [0.1, 0.15) is 32.4 Å². The van der Waals surface area contributed by atoms with Crippen LogP contribution in [0.3, 0.4) is 0 Å². The summed E-state index contributed by atoms with van der Waals surface area (Å²) in [5.41, 5.74) is 6.39. The Morgan fingerprint density at radius 2 is 2.29 bits per heavy atom. The van der Waals surface area contributed by atoms with Gasteiger partial charge in [-0.05, 0) is 24.8 Å². The number of nitrogens with zero attached hydrogens (tertiary/aromatic N) is 2. The van der Waals surface area contributed by atoms with E-state index in [9.17, 15) is 4.79 Å². The molecule has 1 fully saturated rings. The van der Waals surface area contributed by atoms with Crippen LogP contribution < -0.4 is 5.73 Å². The lowest BCUT2D eigenvalue weighted by atomic mass is 9.93. The van der Waals surface area contributed by atoms with Gasteiger partial charge in [-0.1, -0.05) is 13.8 Å². The van der Waals surface area contributed by atoms with Crippen LogP contribution in [-0.2, 0) is 16.8 Å². The lowest BCUT2D eigenvalue weighted by Gasteiger charge is -2.21. The molecule has 1 aromatic rings. The number of aromatic nitrogens is 2. The summed E-state index contributed by atoms with van der Waals surface area (Å²) in [6, 6.07) is 1.07. The van der Waals surface area contributed by atoms with Crippen molar-refractivity contribution in [1.82, 2.24) is 9.78 Å². The molecule has 0 amide bonds. The molecule has 5 heteroatoms. The fourth-order valence-corrected chi connectivity index (χ4v) is 2.34. The molecule has 0 radical (unpaired) electrons. The van der Waals surface area contributed by atoms with Crippen molar-refractivity contribution in [2.24, 2.45) is 11.7 Å². The van der Waals surface area contributed by atoms with Gasteiger partial charge in [0.1, 0.15) is 6.04 Å². The van der Waals surface area contributed by atoms with Crippen molar-refractivity contribution in [2.45, 2.75) is 44.7 Å². The van der Waals surface area contributed by atoms with Crippen molar-refractivity contribution in [3.05, 3.63) is 18.0 Å². The summed E-state index contributed by atoms with van der Waals surface area (Å²) < 4.78 is 1.90. The Labute approximate surface area is 101 Å². The zero-order chi connectivity index (χ0) is 12.6. The molecule has 1 aliphatic rings. The number of rotatable bonds is 5. The highest BCUT2D eigenvalue weighted by Gasteiger charge is 2.54. The summed E-state index contributed by atoms with van der Waals surface area (Å²) >= 11 is 0. The molecule has 0 aromatic carbocycles. The molecule has 1 unspecified atom stereocenters. The van der Waals surface area contributed by atoms with E-state index >= 15 is 0 Å². The number of hydrogen-bond donors (Lipinski definition) is 2. The number of carbonyl (C=O) groups is 1. The van der Waals surface area contributed by atoms with Gasteiger partial charge in [0.25, 0.3) is 0 Å². The SMILES string of the molecule is CC(C)Cn1nccc1C1(C(N)C(=O)O)CC1. The van der Waals surface area contributed by atoms with Crippen molar-refractivity contribution < 1.29 is 9.90 Å². The van der Waals surface area contributed by atoms with E-state index in [0.29, 0.717) is 5.92 Å². The predicted octanol–water partition coefficient (Wildman–Crippen LogP) is 0.983. The molecular weight excluding hydrogens is 218 g/mol. The second-order valence-corrected chi connectivity index (χ2v) is 5.26. The third-order valence-electron chi connectivity index (χ3n) is 3.41. The maximum Gasteiger partial charge on any atom is 0.321 e. The van der Waals surface area contributed by atoms with Crippen LogP contribution in [0.25, 0.3) is 0 Å². The predicted molar refractivity (Wildman–Crippen MR) is 63.6 cm³/mol. The van der Waals surface area contributed by atoms with E-state index < -0.39 is 17.4 Å². The van der Waals surface area contributed by atoms with Crippen LogP contribution in [-0.4, -0.2) is 26.9 Å². The number of hydrogen-bond acceptors (Lipinski definition) is 3. The molecule has 1 saturated carbocycles. The van der Waals surface area contributed by atoms with E-state index in [1.807, 2.05) is 10.7 Å². The molecule has 2 rings (SSSR count). The smallest absolute Gasteiger partial charge is 0.321 e. The standard InChI is InChI=1S/C12H19N3O2/c1-8(2)7-15-9(3-6-14-15)12(4-5-12)10(13)11(16)17/h3,6,8,10H,4-5,7,13H2,1-2H3,(H,16,17). The van der Waals surface area contributed by atoms with Crippen LogP contribution in [0, 0.1) is 5.92 Å². The van der Waals surface area contributed by atoms with Gasteiger partial charge < -0.3 is 10.8 Å². The first-order valence-corrected chi connectivity index (χ1v) is 5.98. The van der Waals surface area contributed by atoms with E-state index in [1.54, 1.807) is 6.20 Å². The summed E-state index contributed by atoms with van der Waals surface area (Å²) in [4.78, 5) is 11.1. The zero-order valence-electron chi connectivity index (χ0n) is 10.3. The van der Waals surface area contributed by atoms with Gasteiger partial charge in [-0.3, -0.25) is 9.48 Å². The van der Waals surface area contributed by atoms with Crippen LogP contribution in [0.5, 0.6) is 0 Å². The van der Waals surface area contributed by atoms with E-state index in [1.165, 1.54) is 0 Å². The van der Waals surface area contributed by atoms with Crippen molar-refractivity contribution >= 4 is 5.97 Å². The van der Waals surface area contributed by atoms with Crippen LogP contribution >= 0.6 is 0 Å². The number of aliphatic carboxylic acids is 1. The normalized spacial score (nSPS) is 19.3. The Hall–Kier alpha value is -1.36. The molecule has 1 aromatic heterocycles. The van der Waals surface area contributed by atoms with Crippen molar-refractivity contribution in [2.75, 3.05) is 0 Å². The summed E-state index contributed by atoms with van der Waals surface area (Å²) in [5, 5.41) is 13.3. The highest BCUT2D eigenvalue weighted by atomic mass is 16.4. The molecule has 0 bridgehead atoms. The summed E-state index contributed by atoms with van der Waals surface area (Å²) in [6.07, 6.45) is 3.40. The maximum absolute atomic E-state index is 11.1. The van der Waals surface area contributed by atoms with Gasteiger partial charge in [-0.2, -0.15) is 5.10 Å². The van der Waals surface area contributed by atoms with Crippen molar-refractivity contribution in [3.63, 3.8) is 0 Å². The van der Waals surface area contributed by atoms with Gasteiger partial charge >= 0.3 is 5.97 Å². The van der Waals surface area contributed by atoms with E-state index in [2.05, 4.69) is 18.9 Å². The number of carboxylic acids is 1. The topological polar surface area (TPSA) is 81.1 Å². The Kier molecular flexibility index (Phi) is 2.95. The van der Waals surface area contributed by atoms with E-state index in [0.717, 1.165) is 25.1 Å². The minimum atomic E-state index is -0.931. The van der Waals surface area contributed by atoms with Gasteiger partial charge in [-0.25, -0.2) is 0 Å². The van der Waals surface area contributed by atoms with Gasteiger partial charge in [0, 0.05) is 23.9 Å². The van der Waals surface area contributed by atoms with Crippen molar-refractivity contribution in [1.29, 1.82) is 0 Å². The fraction of sp³-hybridized carbons (Fsp3) is 0.667. The third-order valence-corrected chi connectivity index (χ3v) is 3.41. The Morgan fingerprint density at radius 3 is 2.76 bits per heavy atom. The molecule has 1 atom stereocenters. The average Bonchev–Trinajstić information content (AvgIpc) is 2.92. The summed E-state index contributed by atoms with van der Waals surface area (Å²) in [6.45, 7) is 5.03. The molecule has 1 heterocycles. The Bertz CT molecular complexity index is 421. The lowest BCUT2D eigenvalue weighted by Crippen LogP contribution is -2.43. The molecule has 3 N–H and O–H groups in total. The van der Waals surface area contributed by atoms with E-state index in [4.69, 9.17) is 10.8 Å². The van der Waals surface area contributed by atoms with E-state index in [-0.39, 0.29) is 0 Å². The second-order valence-electron chi connectivity index (χ2n) is 5.26.